The summed E-state index contributed by atoms with van der Waals surface area (Å²) in [6.45, 7) is 0. The van der Waals surface area contributed by atoms with Gasteiger partial charge < -0.3 is 14.6 Å². The Morgan fingerprint density at radius 2 is 1.88 bits per heavy atom. The van der Waals surface area contributed by atoms with Crippen molar-refractivity contribution in [2.75, 3.05) is 14.2 Å². The maximum Gasteiger partial charge on any atom is 0.377 e. The third-order valence-corrected chi connectivity index (χ3v) is 2.23. The first-order valence-electron chi connectivity index (χ1n) is 4.21. The molecule has 1 N–H and O–H groups in total. The quantitative estimate of drug-likeness (QED) is 0.644. The van der Waals surface area contributed by atoms with E-state index in [0.717, 1.165) is 0 Å². The number of carbonyl (C=O) groups excluding carboxylic acids is 1. The number of rotatable bonds is 4. The van der Waals surface area contributed by atoms with E-state index >= 15 is 0 Å². The number of Topliss-reactive ketones (excluding diaryl/α,β-unsaturated/α-hetero) is 1. The highest BCUT2D eigenvalue weighted by Crippen LogP contribution is 2.36. The zero-order chi connectivity index (χ0) is 12.3. The van der Waals surface area contributed by atoms with Crippen molar-refractivity contribution in [1.82, 2.24) is 0 Å². The van der Waals surface area contributed by atoms with Crippen LogP contribution in [0.1, 0.15) is 10.4 Å². The minimum Gasteiger partial charge on any atom is -0.493 e. The molecule has 0 radical (unpaired) electrons. The van der Waals surface area contributed by atoms with Crippen molar-refractivity contribution < 1.29 is 24.2 Å². The van der Waals surface area contributed by atoms with Crippen LogP contribution in [-0.2, 0) is 4.79 Å². The predicted molar refractivity (Wildman–Crippen MR) is 56.5 cm³/mol. The lowest BCUT2D eigenvalue weighted by atomic mass is 10.1. The number of carboxylic acid groups (broad SMARTS) is 1. The fourth-order valence-electron chi connectivity index (χ4n) is 1.22. The third kappa shape index (κ3) is 2.09. The molecular weight excluding hydrogens is 236 g/mol. The summed E-state index contributed by atoms with van der Waals surface area (Å²) in [6.07, 6.45) is 0. The van der Waals surface area contributed by atoms with Crippen molar-refractivity contribution in [2.45, 2.75) is 0 Å². The minimum atomic E-state index is -1.60. The molecule has 1 aromatic carbocycles. The first-order valence-corrected chi connectivity index (χ1v) is 4.58. The van der Waals surface area contributed by atoms with Crippen LogP contribution in [0, 0.1) is 0 Å². The van der Waals surface area contributed by atoms with Gasteiger partial charge in [-0.25, -0.2) is 4.79 Å². The van der Waals surface area contributed by atoms with Crippen molar-refractivity contribution in [3.05, 3.63) is 22.7 Å². The second-order valence-electron chi connectivity index (χ2n) is 2.79. The second kappa shape index (κ2) is 4.85. The molecule has 0 aliphatic heterocycles. The van der Waals surface area contributed by atoms with E-state index in [9.17, 15) is 9.59 Å². The topological polar surface area (TPSA) is 72.8 Å². The highest BCUT2D eigenvalue weighted by molar-refractivity contribution is 6.45. The SMILES string of the molecule is COc1ccc(Cl)c(C(=O)C(=O)O)c1OC. The summed E-state index contributed by atoms with van der Waals surface area (Å²) in [5.74, 6) is -2.48. The molecule has 1 rings (SSSR count). The van der Waals surface area contributed by atoms with Crippen LogP contribution in [0.5, 0.6) is 11.5 Å². The number of halogens is 1. The molecule has 0 aromatic heterocycles. The number of carbonyl (C=O) groups is 2. The maximum atomic E-state index is 11.4. The average Bonchev–Trinajstić information content (AvgIpc) is 2.27. The summed E-state index contributed by atoms with van der Waals surface area (Å²) in [5, 5.41) is 8.64. The molecule has 1 aromatic rings. The maximum absolute atomic E-state index is 11.4. The van der Waals surface area contributed by atoms with Crippen molar-refractivity contribution in [3.8, 4) is 11.5 Å². The lowest BCUT2D eigenvalue weighted by Crippen LogP contribution is -2.15. The lowest BCUT2D eigenvalue weighted by molar-refractivity contribution is -0.131. The second-order valence-corrected chi connectivity index (χ2v) is 3.20. The minimum absolute atomic E-state index is 0.00468. The van der Waals surface area contributed by atoms with Gasteiger partial charge in [0.05, 0.1) is 24.8 Å². The zero-order valence-electron chi connectivity index (χ0n) is 8.61. The zero-order valence-corrected chi connectivity index (χ0v) is 9.37. The van der Waals surface area contributed by atoms with Crippen molar-refractivity contribution in [2.24, 2.45) is 0 Å². The fraction of sp³-hybridized carbons (Fsp3) is 0.200. The van der Waals surface area contributed by atoms with Gasteiger partial charge in [0.25, 0.3) is 5.78 Å². The van der Waals surface area contributed by atoms with Crippen LogP contribution in [0.3, 0.4) is 0 Å². The van der Waals surface area contributed by atoms with Crippen LogP contribution in [0.4, 0.5) is 0 Å². The molecule has 0 aliphatic rings. The number of hydrogen-bond donors (Lipinski definition) is 1. The van der Waals surface area contributed by atoms with Gasteiger partial charge >= 0.3 is 5.97 Å². The Labute approximate surface area is 96.5 Å². The van der Waals surface area contributed by atoms with Gasteiger partial charge in [-0.05, 0) is 12.1 Å². The molecule has 0 spiro atoms. The smallest absolute Gasteiger partial charge is 0.377 e. The first-order chi connectivity index (χ1) is 7.52. The molecule has 0 heterocycles. The standard InChI is InChI=1S/C10H9ClO5/c1-15-6-4-3-5(11)7(9(6)16-2)8(12)10(13)14/h3-4H,1-2H3,(H,13,14). The van der Waals surface area contributed by atoms with E-state index in [4.69, 9.17) is 26.2 Å². The number of hydrogen-bond acceptors (Lipinski definition) is 4. The molecule has 86 valence electrons. The van der Waals surface area contributed by atoms with Crippen LogP contribution < -0.4 is 9.47 Å². The van der Waals surface area contributed by atoms with E-state index in [-0.39, 0.29) is 22.1 Å². The molecule has 0 amide bonds. The summed E-state index contributed by atoms with van der Waals surface area (Å²) < 4.78 is 9.86. The molecule has 6 heteroatoms. The van der Waals surface area contributed by atoms with E-state index in [1.165, 1.54) is 26.4 Å². The van der Waals surface area contributed by atoms with Gasteiger partial charge in [0.15, 0.2) is 11.5 Å². The Kier molecular flexibility index (Phi) is 3.73. The van der Waals surface area contributed by atoms with Crippen LogP contribution in [0.25, 0.3) is 0 Å². The Morgan fingerprint density at radius 1 is 1.25 bits per heavy atom. The van der Waals surface area contributed by atoms with Gasteiger partial charge in [0.2, 0.25) is 0 Å². The molecule has 0 atom stereocenters. The number of methoxy groups -OCH3 is 2. The molecular formula is C10H9ClO5. The summed E-state index contributed by atoms with van der Waals surface area (Å²) in [7, 11) is 2.67. The largest absolute Gasteiger partial charge is 0.493 e. The van der Waals surface area contributed by atoms with E-state index in [1.807, 2.05) is 0 Å². The summed E-state index contributed by atoms with van der Waals surface area (Å²) >= 11 is 5.76. The summed E-state index contributed by atoms with van der Waals surface area (Å²) in [6, 6.07) is 2.86. The molecule has 0 bridgehead atoms. The Hall–Kier alpha value is -1.75. The third-order valence-electron chi connectivity index (χ3n) is 1.92. The number of ether oxygens (including phenoxy) is 2. The van der Waals surface area contributed by atoms with Crippen LogP contribution in [0.15, 0.2) is 12.1 Å². The van der Waals surface area contributed by atoms with Gasteiger partial charge in [-0.15, -0.1) is 0 Å². The molecule has 0 fully saturated rings. The van der Waals surface area contributed by atoms with E-state index < -0.39 is 11.8 Å². The number of carboxylic acids is 1. The lowest BCUT2D eigenvalue weighted by Gasteiger charge is -2.11. The summed E-state index contributed by atoms with van der Waals surface area (Å²) in [4.78, 5) is 22.0. The van der Waals surface area contributed by atoms with E-state index in [0.29, 0.717) is 0 Å². The highest BCUT2D eigenvalue weighted by atomic mass is 35.5. The molecule has 16 heavy (non-hydrogen) atoms. The molecule has 0 unspecified atom stereocenters. The van der Waals surface area contributed by atoms with Gasteiger partial charge in [0.1, 0.15) is 0 Å². The van der Waals surface area contributed by atoms with Crippen molar-refractivity contribution in [1.29, 1.82) is 0 Å². The monoisotopic (exact) mass is 244 g/mol. The highest BCUT2D eigenvalue weighted by Gasteiger charge is 2.25. The van der Waals surface area contributed by atoms with Crippen LogP contribution in [-0.4, -0.2) is 31.1 Å². The fourth-order valence-corrected chi connectivity index (χ4v) is 1.46. The van der Waals surface area contributed by atoms with Gasteiger partial charge in [-0.3, -0.25) is 4.79 Å². The molecule has 0 aliphatic carbocycles. The molecule has 0 saturated carbocycles. The number of ketones is 1. The normalized spacial score (nSPS) is 9.69. The Bertz CT molecular complexity index is 441. The van der Waals surface area contributed by atoms with Crippen molar-refractivity contribution >= 4 is 23.4 Å². The van der Waals surface area contributed by atoms with Gasteiger partial charge in [-0.1, -0.05) is 11.6 Å². The number of benzene rings is 1. The predicted octanol–water partition coefficient (Wildman–Crippen LogP) is 1.62. The Balaban J connectivity index is 3.46. The molecule has 5 nitrogen and oxygen atoms in total. The van der Waals surface area contributed by atoms with E-state index in [1.54, 1.807) is 0 Å². The van der Waals surface area contributed by atoms with Gasteiger partial charge in [0, 0.05) is 0 Å². The van der Waals surface area contributed by atoms with Gasteiger partial charge in [-0.2, -0.15) is 0 Å². The number of aliphatic carboxylic acids is 1. The van der Waals surface area contributed by atoms with Crippen molar-refractivity contribution in [3.63, 3.8) is 0 Å². The van der Waals surface area contributed by atoms with Crippen LogP contribution in [0.2, 0.25) is 5.02 Å². The first kappa shape index (κ1) is 12.3. The summed E-state index contributed by atoms with van der Waals surface area (Å²) in [5.41, 5.74) is -0.212. The van der Waals surface area contributed by atoms with Crippen LogP contribution >= 0.6 is 11.6 Å². The Morgan fingerprint density at radius 3 is 2.31 bits per heavy atom. The van der Waals surface area contributed by atoms with E-state index in [2.05, 4.69) is 0 Å². The average molecular weight is 245 g/mol. The molecule has 0 saturated heterocycles.